The Bertz CT molecular complexity index is 674. The highest BCUT2D eigenvalue weighted by Gasteiger charge is 2.42. The zero-order chi connectivity index (χ0) is 18.2. The minimum Gasteiger partial charge on any atom is -0.444 e. The van der Waals surface area contributed by atoms with Crippen molar-refractivity contribution in [1.82, 2.24) is 9.80 Å². The molecule has 0 aromatic heterocycles. The lowest BCUT2D eigenvalue weighted by atomic mass is 10.2. The van der Waals surface area contributed by atoms with E-state index >= 15 is 0 Å². The van der Waals surface area contributed by atoms with Crippen molar-refractivity contribution < 1.29 is 14.3 Å². The van der Waals surface area contributed by atoms with Gasteiger partial charge in [-0.1, -0.05) is 6.07 Å². The molecular weight excluding hydrogens is 338 g/mol. The van der Waals surface area contributed by atoms with Gasteiger partial charge in [-0.25, -0.2) is 9.59 Å². The SMILES string of the molecule is CSc1cccc(N2CC3CN(C(=O)OC(C)(C)C)CCN3C2=O)c1. The van der Waals surface area contributed by atoms with Gasteiger partial charge in [-0.2, -0.15) is 0 Å². The summed E-state index contributed by atoms with van der Waals surface area (Å²) < 4.78 is 5.46. The summed E-state index contributed by atoms with van der Waals surface area (Å²) in [7, 11) is 0. The van der Waals surface area contributed by atoms with E-state index in [-0.39, 0.29) is 18.2 Å². The van der Waals surface area contributed by atoms with Crippen molar-refractivity contribution in [1.29, 1.82) is 0 Å². The third kappa shape index (κ3) is 3.86. The summed E-state index contributed by atoms with van der Waals surface area (Å²) in [5, 5.41) is 0. The van der Waals surface area contributed by atoms with Crippen LogP contribution in [-0.2, 0) is 4.74 Å². The summed E-state index contributed by atoms with van der Waals surface area (Å²) in [6.45, 7) is 7.74. The van der Waals surface area contributed by atoms with Crippen LogP contribution in [0.3, 0.4) is 0 Å². The van der Waals surface area contributed by atoms with Crippen LogP contribution in [0.4, 0.5) is 15.3 Å². The third-order valence-corrected chi connectivity index (χ3v) is 5.09. The van der Waals surface area contributed by atoms with Crippen LogP contribution in [-0.4, -0.2) is 66.0 Å². The number of piperazine rings is 1. The average molecular weight is 363 g/mol. The number of benzene rings is 1. The maximum atomic E-state index is 12.8. The maximum Gasteiger partial charge on any atom is 0.410 e. The maximum absolute atomic E-state index is 12.8. The fourth-order valence-electron chi connectivity index (χ4n) is 3.19. The number of hydrogen-bond acceptors (Lipinski definition) is 4. The van der Waals surface area contributed by atoms with E-state index in [0.717, 1.165) is 10.6 Å². The first-order valence-corrected chi connectivity index (χ1v) is 9.71. The summed E-state index contributed by atoms with van der Waals surface area (Å²) in [4.78, 5) is 31.6. The molecule has 0 aliphatic carbocycles. The van der Waals surface area contributed by atoms with Gasteiger partial charge < -0.3 is 14.5 Å². The van der Waals surface area contributed by atoms with Gasteiger partial charge in [0.15, 0.2) is 0 Å². The van der Waals surface area contributed by atoms with E-state index < -0.39 is 5.60 Å². The van der Waals surface area contributed by atoms with E-state index in [4.69, 9.17) is 4.74 Å². The van der Waals surface area contributed by atoms with Crippen molar-refractivity contribution in [2.45, 2.75) is 37.3 Å². The molecular formula is C18H25N3O3S. The van der Waals surface area contributed by atoms with Crippen molar-refractivity contribution in [3.8, 4) is 0 Å². The van der Waals surface area contributed by atoms with Gasteiger partial charge in [0.2, 0.25) is 0 Å². The highest BCUT2D eigenvalue weighted by molar-refractivity contribution is 7.98. The second-order valence-corrected chi connectivity index (χ2v) is 8.25. The fourth-order valence-corrected chi connectivity index (χ4v) is 3.65. The molecule has 7 heteroatoms. The van der Waals surface area contributed by atoms with Crippen molar-refractivity contribution in [2.24, 2.45) is 0 Å². The zero-order valence-corrected chi connectivity index (χ0v) is 16.0. The molecule has 1 aromatic carbocycles. The van der Waals surface area contributed by atoms with Gasteiger partial charge in [0.25, 0.3) is 0 Å². The number of urea groups is 1. The number of ether oxygens (including phenoxy) is 1. The van der Waals surface area contributed by atoms with Crippen molar-refractivity contribution >= 4 is 29.6 Å². The molecule has 0 saturated carbocycles. The van der Waals surface area contributed by atoms with E-state index in [1.165, 1.54) is 0 Å². The van der Waals surface area contributed by atoms with Gasteiger partial charge in [0.1, 0.15) is 5.60 Å². The number of amides is 3. The second kappa shape index (κ2) is 6.78. The fraction of sp³-hybridized carbons (Fsp3) is 0.556. The lowest BCUT2D eigenvalue weighted by Crippen LogP contribution is -2.54. The summed E-state index contributed by atoms with van der Waals surface area (Å²) in [5.74, 6) is 0. The third-order valence-electron chi connectivity index (χ3n) is 4.37. The van der Waals surface area contributed by atoms with Crippen LogP contribution in [0, 0.1) is 0 Å². The molecule has 136 valence electrons. The van der Waals surface area contributed by atoms with E-state index in [1.54, 1.807) is 16.7 Å². The highest BCUT2D eigenvalue weighted by atomic mass is 32.2. The first kappa shape index (κ1) is 17.9. The van der Waals surface area contributed by atoms with Crippen LogP contribution in [0.25, 0.3) is 0 Å². The molecule has 0 radical (unpaired) electrons. The summed E-state index contributed by atoms with van der Waals surface area (Å²) in [6, 6.07) is 8.03. The van der Waals surface area contributed by atoms with E-state index in [0.29, 0.717) is 26.2 Å². The van der Waals surface area contributed by atoms with Crippen molar-refractivity contribution in [2.75, 3.05) is 37.3 Å². The monoisotopic (exact) mass is 363 g/mol. The summed E-state index contributed by atoms with van der Waals surface area (Å²) >= 11 is 1.66. The molecule has 2 heterocycles. The Morgan fingerprint density at radius 2 is 2.00 bits per heavy atom. The van der Waals surface area contributed by atoms with Gasteiger partial charge in [0.05, 0.1) is 6.04 Å². The molecule has 3 rings (SSSR count). The lowest BCUT2D eigenvalue weighted by Gasteiger charge is -2.36. The highest BCUT2D eigenvalue weighted by Crippen LogP contribution is 2.29. The van der Waals surface area contributed by atoms with Gasteiger partial charge in [-0.3, -0.25) is 4.90 Å². The number of fused-ring (bicyclic) bond motifs is 1. The zero-order valence-electron chi connectivity index (χ0n) is 15.2. The molecule has 1 atom stereocenters. The Kier molecular flexibility index (Phi) is 4.86. The standard InChI is InChI=1S/C18H25N3O3S/c1-18(2,3)24-17(23)19-8-9-20-14(11-19)12-21(16(20)22)13-6-5-7-15(10-13)25-4/h5-7,10,14H,8-9,11-12H2,1-4H3. The molecule has 0 spiro atoms. The molecule has 2 fully saturated rings. The van der Waals surface area contributed by atoms with Gasteiger partial charge in [-0.05, 0) is 45.2 Å². The normalized spacial score (nSPS) is 20.7. The van der Waals surface area contributed by atoms with Crippen molar-refractivity contribution in [3.05, 3.63) is 24.3 Å². The number of hydrogen-bond donors (Lipinski definition) is 0. The Labute approximate surface area is 153 Å². The molecule has 0 bridgehead atoms. The first-order valence-electron chi connectivity index (χ1n) is 8.48. The van der Waals surface area contributed by atoms with Crippen LogP contribution in [0.1, 0.15) is 20.8 Å². The Hall–Kier alpha value is -1.89. The van der Waals surface area contributed by atoms with E-state index in [9.17, 15) is 9.59 Å². The van der Waals surface area contributed by atoms with E-state index in [2.05, 4.69) is 0 Å². The molecule has 6 nitrogen and oxygen atoms in total. The molecule has 2 saturated heterocycles. The van der Waals surface area contributed by atoms with Crippen LogP contribution in [0.2, 0.25) is 0 Å². The lowest BCUT2D eigenvalue weighted by molar-refractivity contribution is 0.0128. The number of thioether (sulfide) groups is 1. The summed E-state index contributed by atoms with van der Waals surface area (Å²) in [6.07, 6.45) is 1.72. The number of rotatable bonds is 2. The largest absolute Gasteiger partial charge is 0.444 e. The predicted molar refractivity (Wildman–Crippen MR) is 99.3 cm³/mol. The molecule has 0 N–H and O–H groups in total. The molecule has 1 unspecified atom stereocenters. The van der Waals surface area contributed by atoms with Crippen LogP contribution < -0.4 is 4.90 Å². The average Bonchev–Trinajstić information content (AvgIpc) is 2.90. The quantitative estimate of drug-likeness (QED) is 0.757. The van der Waals surface area contributed by atoms with Crippen molar-refractivity contribution in [3.63, 3.8) is 0 Å². The van der Waals surface area contributed by atoms with Gasteiger partial charge in [0, 0.05) is 36.8 Å². The Morgan fingerprint density at radius 1 is 1.24 bits per heavy atom. The van der Waals surface area contributed by atoms with Crippen LogP contribution in [0.15, 0.2) is 29.2 Å². The van der Waals surface area contributed by atoms with E-state index in [1.807, 2.05) is 61.1 Å². The predicted octanol–water partition coefficient (Wildman–Crippen LogP) is 3.27. The van der Waals surface area contributed by atoms with Crippen LogP contribution in [0.5, 0.6) is 0 Å². The van der Waals surface area contributed by atoms with Crippen LogP contribution >= 0.6 is 11.8 Å². The molecule has 1 aromatic rings. The molecule has 25 heavy (non-hydrogen) atoms. The number of carbonyl (C=O) groups excluding carboxylic acids is 2. The number of carbonyl (C=O) groups is 2. The second-order valence-electron chi connectivity index (χ2n) is 7.37. The minimum atomic E-state index is -0.510. The Balaban J connectivity index is 1.70. The van der Waals surface area contributed by atoms with Gasteiger partial charge >= 0.3 is 12.1 Å². The van der Waals surface area contributed by atoms with Gasteiger partial charge in [-0.15, -0.1) is 11.8 Å². The Morgan fingerprint density at radius 3 is 2.68 bits per heavy atom. The molecule has 2 aliphatic rings. The number of anilines is 1. The molecule has 2 aliphatic heterocycles. The number of nitrogens with zero attached hydrogens (tertiary/aromatic N) is 3. The minimum absolute atomic E-state index is 0.00621. The smallest absolute Gasteiger partial charge is 0.410 e. The first-order chi connectivity index (χ1) is 11.8. The molecule has 3 amide bonds. The topological polar surface area (TPSA) is 53.1 Å². The summed E-state index contributed by atoms with van der Waals surface area (Å²) in [5.41, 5.74) is 0.402.